The maximum Gasteiger partial charge on any atom is 0.270 e. The summed E-state index contributed by atoms with van der Waals surface area (Å²) in [6.45, 7) is 10.7. The van der Waals surface area contributed by atoms with Crippen molar-refractivity contribution < 1.29 is 4.79 Å². The summed E-state index contributed by atoms with van der Waals surface area (Å²) < 4.78 is 2.16. The molecule has 2 aliphatic heterocycles. The highest BCUT2D eigenvalue weighted by molar-refractivity contribution is 8.26. The molecule has 3 heterocycles. The first-order chi connectivity index (χ1) is 13.8. The van der Waals surface area contributed by atoms with E-state index in [0.29, 0.717) is 21.3 Å². The van der Waals surface area contributed by atoms with Gasteiger partial charge < -0.3 is 9.80 Å². The number of carbonyl (C=O) groups is 1. The molecule has 1 amide bonds. The predicted octanol–water partition coefficient (Wildman–Crippen LogP) is 2.02. The molecule has 154 valence electrons. The average Bonchev–Trinajstić information content (AvgIpc) is 2.97. The highest BCUT2D eigenvalue weighted by Gasteiger charge is 2.31. The topological polar surface area (TPSA) is 72.6 Å². The van der Waals surface area contributed by atoms with Crippen molar-refractivity contribution in [1.29, 1.82) is 5.26 Å². The predicted molar refractivity (Wildman–Crippen MR) is 121 cm³/mol. The molecule has 0 N–H and O–H groups in total. The summed E-state index contributed by atoms with van der Waals surface area (Å²) in [5.74, 6) is 0.625. The fraction of sp³-hybridized carbons (Fsp3) is 0.500. The van der Waals surface area contributed by atoms with E-state index < -0.39 is 0 Å². The lowest BCUT2D eigenvalue weighted by atomic mass is 10.0. The number of piperazine rings is 1. The van der Waals surface area contributed by atoms with Crippen LogP contribution in [0.15, 0.2) is 9.70 Å². The lowest BCUT2D eigenvalue weighted by Gasteiger charge is -2.37. The van der Waals surface area contributed by atoms with Crippen LogP contribution in [0.3, 0.4) is 0 Å². The number of carbonyl (C=O) groups excluding carboxylic acids is 1. The Bertz CT molecular complexity index is 984. The number of thioether (sulfide) groups is 1. The number of nitriles is 1. The van der Waals surface area contributed by atoms with Crippen molar-refractivity contribution in [2.24, 2.45) is 0 Å². The second kappa shape index (κ2) is 8.69. The minimum Gasteiger partial charge on any atom is -0.355 e. The van der Waals surface area contributed by atoms with Crippen LogP contribution in [0.1, 0.15) is 30.5 Å². The highest BCUT2D eigenvalue weighted by atomic mass is 32.2. The molecule has 3 rings (SSSR count). The molecular formula is C20H25N5O2S2. The lowest BCUT2D eigenvalue weighted by molar-refractivity contribution is -0.121. The summed E-state index contributed by atoms with van der Waals surface area (Å²) in [6.07, 6.45) is 1.80. The van der Waals surface area contributed by atoms with E-state index in [1.807, 2.05) is 6.92 Å². The summed E-state index contributed by atoms with van der Waals surface area (Å²) in [4.78, 5) is 32.1. The highest BCUT2D eigenvalue weighted by Crippen LogP contribution is 2.35. The van der Waals surface area contributed by atoms with Crippen molar-refractivity contribution in [3.8, 4) is 6.07 Å². The van der Waals surface area contributed by atoms with Crippen LogP contribution in [0.4, 0.5) is 5.82 Å². The molecule has 0 aromatic carbocycles. The normalized spacial score (nSPS) is 19.3. The quantitative estimate of drug-likeness (QED) is 0.533. The Hall–Kier alpha value is -2.15. The fourth-order valence-corrected chi connectivity index (χ4v) is 4.89. The van der Waals surface area contributed by atoms with Crippen LogP contribution < -0.4 is 10.5 Å². The van der Waals surface area contributed by atoms with E-state index in [1.54, 1.807) is 24.6 Å². The zero-order valence-corrected chi connectivity index (χ0v) is 18.8. The molecule has 0 bridgehead atoms. The Morgan fingerprint density at radius 2 is 1.83 bits per heavy atom. The summed E-state index contributed by atoms with van der Waals surface area (Å²) in [7, 11) is 1.66. The summed E-state index contributed by atoms with van der Waals surface area (Å²) in [5.41, 5.74) is 1.21. The zero-order valence-electron chi connectivity index (χ0n) is 17.2. The maximum atomic E-state index is 13.0. The molecule has 0 radical (unpaired) electrons. The third-order valence-corrected chi connectivity index (χ3v) is 7.03. The third-order valence-electron chi connectivity index (χ3n) is 5.54. The Morgan fingerprint density at radius 3 is 2.31 bits per heavy atom. The van der Waals surface area contributed by atoms with Gasteiger partial charge in [-0.05, 0) is 32.0 Å². The molecule has 1 aromatic heterocycles. The van der Waals surface area contributed by atoms with E-state index in [4.69, 9.17) is 12.2 Å². The Labute approximate surface area is 180 Å². The van der Waals surface area contributed by atoms with Crippen LogP contribution in [0.5, 0.6) is 0 Å². The van der Waals surface area contributed by atoms with Gasteiger partial charge in [-0.3, -0.25) is 19.1 Å². The van der Waals surface area contributed by atoms with Gasteiger partial charge in [0.05, 0.1) is 4.91 Å². The Kier molecular flexibility index (Phi) is 6.46. The first-order valence-corrected chi connectivity index (χ1v) is 10.9. The van der Waals surface area contributed by atoms with Gasteiger partial charge >= 0.3 is 0 Å². The van der Waals surface area contributed by atoms with Gasteiger partial charge in [0, 0.05) is 45.3 Å². The van der Waals surface area contributed by atoms with E-state index in [0.717, 1.165) is 44.1 Å². The molecule has 2 saturated heterocycles. The third kappa shape index (κ3) is 3.84. The molecule has 7 nitrogen and oxygen atoms in total. The number of hydrogen-bond acceptors (Lipinski definition) is 7. The Morgan fingerprint density at radius 1 is 1.17 bits per heavy atom. The lowest BCUT2D eigenvalue weighted by Crippen LogP contribution is -2.48. The van der Waals surface area contributed by atoms with Crippen LogP contribution in [-0.4, -0.2) is 64.4 Å². The van der Waals surface area contributed by atoms with Crippen molar-refractivity contribution in [2.75, 3.05) is 44.7 Å². The molecule has 2 aliphatic rings. The summed E-state index contributed by atoms with van der Waals surface area (Å²) >= 11 is 6.50. The molecule has 0 unspecified atom stereocenters. The molecule has 29 heavy (non-hydrogen) atoms. The van der Waals surface area contributed by atoms with Crippen LogP contribution in [0.25, 0.3) is 6.08 Å². The minimum absolute atomic E-state index is 0.126. The van der Waals surface area contributed by atoms with Crippen molar-refractivity contribution in [1.82, 2.24) is 14.4 Å². The number of aromatic nitrogens is 1. The van der Waals surface area contributed by atoms with Crippen LogP contribution in [0.2, 0.25) is 0 Å². The molecule has 0 atom stereocenters. The number of amides is 1. The number of hydrogen-bond donors (Lipinski definition) is 0. The second-order valence-corrected chi connectivity index (χ2v) is 8.74. The van der Waals surface area contributed by atoms with Gasteiger partial charge in [0.25, 0.3) is 11.5 Å². The van der Waals surface area contributed by atoms with Gasteiger partial charge in [0.2, 0.25) is 0 Å². The molecule has 2 fully saturated rings. The van der Waals surface area contributed by atoms with Gasteiger partial charge in [0.15, 0.2) is 0 Å². The smallest absolute Gasteiger partial charge is 0.270 e. The van der Waals surface area contributed by atoms with Crippen LogP contribution >= 0.6 is 24.0 Å². The SMILES string of the molecule is CCN1CCN(c2c(C=C3SC(=S)N(C)C3=O)c(C)c(C#N)c(=O)n2CC)CC1. The minimum atomic E-state index is -0.277. The molecule has 1 aromatic rings. The van der Waals surface area contributed by atoms with Crippen LogP contribution in [0, 0.1) is 18.3 Å². The van der Waals surface area contributed by atoms with E-state index in [1.165, 1.54) is 16.7 Å². The van der Waals surface area contributed by atoms with Crippen molar-refractivity contribution in [3.63, 3.8) is 0 Å². The Balaban J connectivity index is 2.21. The number of rotatable bonds is 4. The molecular weight excluding hydrogens is 406 g/mol. The van der Waals surface area contributed by atoms with Gasteiger partial charge in [-0.15, -0.1) is 0 Å². The number of nitrogens with zero attached hydrogens (tertiary/aromatic N) is 5. The van der Waals surface area contributed by atoms with E-state index >= 15 is 0 Å². The summed E-state index contributed by atoms with van der Waals surface area (Å²) in [5, 5.41) is 9.60. The van der Waals surface area contributed by atoms with Gasteiger partial charge in [-0.2, -0.15) is 5.26 Å². The van der Waals surface area contributed by atoms with Crippen molar-refractivity contribution in [2.45, 2.75) is 27.3 Å². The largest absolute Gasteiger partial charge is 0.355 e. The first-order valence-electron chi connectivity index (χ1n) is 9.70. The van der Waals surface area contributed by atoms with E-state index in [9.17, 15) is 14.9 Å². The van der Waals surface area contributed by atoms with Gasteiger partial charge in [-0.1, -0.05) is 30.9 Å². The van der Waals surface area contributed by atoms with Crippen molar-refractivity contribution in [3.05, 3.63) is 31.9 Å². The molecule has 0 saturated carbocycles. The number of likely N-dealkylation sites (N-methyl/N-ethyl adjacent to an activating group) is 2. The second-order valence-electron chi connectivity index (χ2n) is 7.06. The summed E-state index contributed by atoms with van der Waals surface area (Å²) in [6, 6.07) is 2.06. The molecule has 0 spiro atoms. The average molecular weight is 432 g/mol. The van der Waals surface area contributed by atoms with Gasteiger partial charge in [-0.25, -0.2) is 0 Å². The maximum absolute atomic E-state index is 13.0. The zero-order chi connectivity index (χ0) is 21.3. The standard InChI is InChI=1S/C20H25N5O2S2/c1-5-23-7-9-24(10-8-23)17-14(11-16-19(27)22(4)20(28)29-16)13(3)15(12-21)18(26)25(17)6-2/h11H,5-10H2,1-4H3. The number of pyridine rings is 1. The molecule has 9 heteroatoms. The number of thiocarbonyl (C=S) groups is 1. The van der Waals surface area contributed by atoms with Crippen molar-refractivity contribution >= 4 is 46.1 Å². The van der Waals surface area contributed by atoms with Gasteiger partial charge in [0.1, 0.15) is 21.8 Å². The first kappa shape index (κ1) is 21.6. The monoisotopic (exact) mass is 431 g/mol. The van der Waals surface area contributed by atoms with E-state index in [-0.39, 0.29) is 17.0 Å². The number of anilines is 1. The van der Waals surface area contributed by atoms with Crippen LogP contribution in [-0.2, 0) is 11.3 Å². The fourth-order valence-electron chi connectivity index (χ4n) is 3.73. The molecule has 0 aliphatic carbocycles. The van der Waals surface area contributed by atoms with E-state index in [2.05, 4.69) is 22.8 Å².